The van der Waals surface area contributed by atoms with E-state index in [9.17, 15) is 10.2 Å². The quantitative estimate of drug-likeness (QED) is 0.652. The zero-order valence-corrected chi connectivity index (χ0v) is 12.2. The molecule has 5 heteroatoms. The molecule has 0 aliphatic carbocycles. The summed E-state index contributed by atoms with van der Waals surface area (Å²) in [5.41, 5.74) is 7.16. The predicted octanol–water partition coefficient (Wildman–Crippen LogP) is 1.06. The van der Waals surface area contributed by atoms with Gasteiger partial charge in [0.2, 0.25) is 0 Å². The van der Waals surface area contributed by atoms with Gasteiger partial charge in [0.25, 0.3) is 0 Å². The first-order chi connectivity index (χ1) is 8.90. The van der Waals surface area contributed by atoms with Gasteiger partial charge in [0.1, 0.15) is 4.99 Å². The van der Waals surface area contributed by atoms with Crippen LogP contribution in [0.3, 0.4) is 0 Å². The number of nitrogens with two attached hydrogens (primary N) is 1. The smallest absolute Gasteiger partial charge is 0.103 e. The molecule has 4 N–H and O–H groups in total. The summed E-state index contributed by atoms with van der Waals surface area (Å²) in [6.07, 6.45) is -0.173. The maximum atomic E-state index is 10.1. The van der Waals surface area contributed by atoms with E-state index in [2.05, 4.69) is 0 Å². The molecule has 1 aromatic rings. The molecule has 0 bridgehead atoms. The van der Waals surface area contributed by atoms with E-state index in [0.29, 0.717) is 18.0 Å². The van der Waals surface area contributed by atoms with Crippen molar-refractivity contribution in [3.8, 4) is 0 Å². The van der Waals surface area contributed by atoms with Crippen LogP contribution >= 0.6 is 12.2 Å². The van der Waals surface area contributed by atoms with Crippen molar-refractivity contribution in [3.05, 3.63) is 35.4 Å². The van der Waals surface area contributed by atoms with E-state index in [1.807, 2.05) is 36.2 Å². The number of hydrogen-bond donors (Lipinski definition) is 3. The highest BCUT2D eigenvalue weighted by Crippen LogP contribution is 2.15. The molecule has 1 aromatic carbocycles. The molecule has 0 aromatic heterocycles. The van der Waals surface area contributed by atoms with E-state index in [4.69, 9.17) is 18.0 Å². The standard InChI is InChI=1S/C14H22N2O2S/c1-10(17)7-8-16(2)9-13(18)11-3-5-12(6-4-11)14(15)19/h3-6,10,13,17-18H,7-9H2,1-2H3,(H2,15,19). The first-order valence-electron chi connectivity index (χ1n) is 6.34. The van der Waals surface area contributed by atoms with Crippen molar-refractivity contribution < 1.29 is 10.2 Å². The fraction of sp³-hybridized carbons (Fsp3) is 0.500. The van der Waals surface area contributed by atoms with Gasteiger partial charge >= 0.3 is 0 Å². The Bertz CT molecular complexity index is 406. The average molecular weight is 282 g/mol. The van der Waals surface area contributed by atoms with E-state index in [1.54, 1.807) is 6.92 Å². The lowest BCUT2D eigenvalue weighted by molar-refractivity contribution is 0.111. The number of nitrogens with zero attached hydrogens (tertiary/aromatic N) is 1. The van der Waals surface area contributed by atoms with Gasteiger partial charge in [0, 0.05) is 18.7 Å². The fourth-order valence-electron chi connectivity index (χ4n) is 1.77. The zero-order chi connectivity index (χ0) is 14.4. The molecule has 0 saturated heterocycles. The lowest BCUT2D eigenvalue weighted by atomic mass is 10.1. The number of thiocarbonyl (C=S) groups is 1. The second kappa shape index (κ2) is 7.55. The van der Waals surface area contributed by atoms with Gasteiger partial charge in [-0.1, -0.05) is 36.5 Å². The van der Waals surface area contributed by atoms with E-state index in [0.717, 1.165) is 17.7 Å². The second-order valence-electron chi connectivity index (χ2n) is 4.90. The Morgan fingerprint density at radius 3 is 2.37 bits per heavy atom. The summed E-state index contributed by atoms with van der Waals surface area (Å²) in [4.78, 5) is 2.36. The van der Waals surface area contributed by atoms with Crippen LogP contribution in [-0.2, 0) is 0 Å². The first-order valence-corrected chi connectivity index (χ1v) is 6.75. The van der Waals surface area contributed by atoms with Crippen LogP contribution in [0.2, 0.25) is 0 Å². The highest BCUT2D eigenvalue weighted by Gasteiger charge is 2.11. The highest BCUT2D eigenvalue weighted by atomic mass is 32.1. The Labute approximate surface area is 119 Å². The van der Waals surface area contributed by atoms with Crippen molar-refractivity contribution in [2.75, 3.05) is 20.1 Å². The lowest BCUT2D eigenvalue weighted by Gasteiger charge is -2.21. The average Bonchev–Trinajstić information content (AvgIpc) is 2.36. The SMILES string of the molecule is CC(O)CCN(C)CC(O)c1ccc(C(N)=S)cc1. The Hall–Kier alpha value is -1.01. The third kappa shape index (κ3) is 5.65. The number of hydrogen-bond acceptors (Lipinski definition) is 4. The topological polar surface area (TPSA) is 69.7 Å². The summed E-state index contributed by atoms with van der Waals surface area (Å²) in [5.74, 6) is 0. The third-order valence-corrected chi connectivity index (χ3v) is 3.23. The molecule has 106 valence electrons. The number of aliphatic hydroxyl groups excluding tert-OH is 2. The van der Waals surface area contributed by atoms with Crippen molar-refractivity contribution in [1.29, 1.82) is 0 Å². The minimum absolute atomic E-state index is 0.315. The van der Waals surface area contributed by atoms with Crippen molar-refractivity contribution in [3.63, 3.8) is 0 Å². The molecule has 2 atom stereocenters. The minimum atomic E-state index is -0.556. The molecule has 4 nitrogen and oxygen atoms in total. The number of likely N-dealkylation sites (N-methyl/N-ethyl adjacent to an activating group) is 1. The largest absolute Gasteiger partial charge is 0.393 e. The van der Waals surface area contributed by atoms with Crippen LogP contribution in [0.5, 0.6) is 0 Å². The number of rotatable bonds is 7. The molecule has 2 unspecified atom stereocenters. The Morgan fingerprint density at radius 1 is 1.32 bits per heavy atom. The summed E-state index contributed by atoms with van der Waals surface area (Å²) >= 11 is 4.88. The van der Waals surface area contributed by atoms with Gasteiger partial charge in [-0.05, 0) is 26.0 Å². The molecule has 0 amide bonds. The molecular weight excluding hydrogens is 260 g/mol. The van der Waals surface area contributed by atoms with Crippen LogP contribution in [-0.4, -0.2) is 46.3 Å². The molecule has 0 aliphatic heterocycles. The van der Waals surface area contributed by atoms with Gasteiger partial charge in [-0.15, -0.1) is 0 Å². The van der Waals surface area contributed by atoms with Gasteiger partial charge in [0.15, 0.2) is 0 Å². The maximum absolute atomic E-state index is 10.1. The normalized spacial score (nSPS) is 14.4. The van der Waals surface area contributed by atoms with Crippen LogP contribution in [0.1, 0.15) is 30.6 Å². The summed E-state index contributed by atoms with van der Waals surface area (Å²) < 4.78 is 0. The van der Waals surface area contributed by atoms with Crippen molar-refractivity contribution >= 4 is 17.2 Å². The second-order valence-corrected chi connectivity index (χ2v) is 5.34. The Balaban J connectivity index is 2.52. The Kier molecular flexibility index (Phi) is 6.37. The number of aliphatic hydroxyl groups is 2. The van der Waals surface area contributed by atoms with Crippen LogP contribution in [0.4, 0.5) is 0 Å². The van der Waals surface area contributed by atoms with Crippen LogP contribution in [0.15, 0.2) is 24.3 Å². The molecule has 0 radical (unpaired) electrons. The van der Waals surface area contributed by atoms with E-state index in [1.165, 1.54) is 0 Å². The van der Waals surface area contributed by atoms with Gasteiger partial charge in [0.05, 0.1) is 12.2 Å². The maximum Gasteiger partial charge on any atom is 0.103 e. The lowest BCUT2D eigenvalue weighted by Crippen LogP contribution is -2.27. The van der Waals surface area contributed by atoms with Gasteiger partial charge in [-0.3, -0.25) is 0 Å². The molecule has 0 fully saturated rings. The summed E-state index contributed by atoms with van der Waals surface area (Å²) in [6.45, 7) is 3.04. The first kappa shape index (κ1) is 16.0. The highest BCUT2D eigenvalue weighted by molar-refractivity contribution is 7.80. The van der Waals surface area contributed by atoms with Crippen molar-refractivity contribution in [2.24, 2.45) is 5.73 Å². The predicted molar refractivity (Wildman–Crippen MR) is 81.1 cm³/mol. The Morgan fingerprint density at radius 2 is 1.89 bits per heavy atom. The fourth-order valence-corrected chi connectivity index (χ4v) is 1.90. The van der Waals surface area contributed by atoms with Gasteiger partial charge < -0.3 is 20.8 Å². The summed E-state index contributed by atoms with van der Waals surface area (Å²) in [5, 5.41) is 19.3. The molecule has 0 spiro atoms. The monoisotopic (exact) mass is 282 g/mol. The van der Waals surface area contributed by atoms with E-state index >= 15 is 0 Å². The minimum Gasteiger partial charge on any atom is -0.393 e. The van der Waals surface area contributed by atoms with Crippen LogP contribution < -0.4 is 5.73 Å². The molecule has 0 aliphatic rings. The summed E-state index contributed by atoms with van der Waals surface area (Å²) in [6, 6.07) is 7.30. The van der Waals surface area contributed by atoms with Crippen molar-refractivity contribution in [1.82, 2.24) is 4.90 Å². The molecule has 19 heavy (non-hydrogen) atoms. The molecular formula is C14H22N2O2S. The molecule has 0 heterocycles. The van der Waals surface area contributed by atoms with Gasteiger partial charge in [-0.2, -0.15) is 0 Å². The number of benzene rings is 1. The van der Waals surface area contributed by atoms with Crippen LogP contribution in [0.25, 0.3) is 0 Å². The molecule has 1 rings (SSSR count). The van der Waals surface area contributed by atoms with Crippen LogP contribution in [0, 0.1) is 0 Å². The van der Waals surface area contributed by atoms with Crippen molar-refractivity contribution in [2.45, 2.75) is 25.6 Å². The summed E-state index contributed by atoms with van der Waals surface area (Å²) in [7, 11) is 1.93. The zero-order valence-electron chi connectivity index (χ0n) is 11.4. The van der Waals surface area contributed by atoms with Gasteiger partial charge in [-0.25, -0.2) is 0 Å². The molecule has 0 saturated carbocycles. The van der Waals surface area contributed by atoms with E-state index in [-0.39, 0.29) is 6.10 Å². The van der Waals surface area contributed by atoms with E-state index < -0.39 is 6.10 Å². The third-order valence-electron chi connectivity index (χ3n) is 2.99.